The molecule has 0 N–H and O–H groups in total. The van der Waals surface area contributed by atoms with Crippen molar-refractivity contribution in [1.82, 2.24) is 14.1 Å². The number of para-hydroxylation sites is 3. The van der Waals surface area contributed by atoms with E-state index in [2.05, 4.69) is 164 Å². The van der Waals surface area contributed by atoms with Crippen LogP contribution in [0.2, 0.25) is 0 Å². The molecule has 1 aliphatic carbocycles. The summed E-state index contributed by atoms with van der Waals surface area (Å²) >= 11 is 0. The van der Waals surface area contributed by atoms with E-state index in [0.717, 1.165) is 16.9 Å². The van der Waals surface area contributed by atoms with E-state index in [-0.39, 0.29) is 10.8 Å². The standard InChI is InChI=1S/C43H33N3/c1-42(2)33-17-9-8-15-29(33)30-24-32-31-23-26(21-22-36(31)45(39(32)25-35(30)42)27-13-6-5-7-14-27)28-16-12-20-38-40(28)44-41-43(3,4)34-18-10-11-19-37(34)46(38)41/h5-25H,1-4H3. The first-order chi connectivity index (χ1) is 22.3. The Hall–Kier alpha value is -5.41. The molecule has 0 bridgehead atoms. The second-order valence-corrected chi connectivity index (χ2v) is 14.1. The molecule has 0 amide bonds. The number of fused-ring (bicyclic) bond motifs is 11. The van der Waals surface area contributed by atoms with E-state index in [4.69, 9.17) is 4.98 Å². The van der Waals surface area contributed by atoms with Gasteiger partial charge in [-0.3, -0.25) is 4.57 Å². The highest BCUT2D eigenvalue weighted by Gasteiger charge is 2.39. The van der Waals surface area contributed by atoms with Crippen molar-refractivity contribution in [2.75, 3.05) is 0 Å². The van der Waals surface area contributed by atoms with Gasteiger partial charge in [-0.2, -0.15) is 0 Å². The molecule has 2 aromatic heterocycles. The molecule has 6 aromatic carbocycles. The molecule has 3 heteroatoms. The molecule has 3 nitrogen and oxygen atoms in total. The van der Waals surface area contributed by atoms with E-state index < -0.39 is 0 Å². The van der Waals surface area contributed by atoms with Crippen LogP contribution in [0.5, 0.6) is 0 Å². The zero-order valence-electron chi connectivity index (χ0n) is 26.5. The van der Waals surface area contributed by atoms with Gasteiger partial charge in [-0.25, -0.2) is 4.98 Å². The summed E-state index contributed by atoms with van der Waals surface area (Å²) in [5, 5.41) is 2.54. The number of imidazole rings is 1. The van der Waals surface area contributed by atoms with Crippen LogP contribution in [0.15, 0.2) is 127 Å². The number of nitrogens with zero attached hydrogens (tertiary/aromatic N) is 3. The summed E-state index contributed by atoms with van der Waals surface area (Å²) in [4.78, 5) is 5.38. The summed E-state index contributed by atoms with van der Waals surface area (Å²) < 4.78 is 4.81. The maximum absolute atomic E-state index is 5.38. The van der Waals surface area contributed by atoms with Crippen molar-refractivity contribution in [3.8, 4) is 33.6 Å². The molecule has 0 unspecified atom stereocenters. The Morgan fingerprint density at radius 2 is 1.20 bits per heavy atom. The van der Waals surface area contributed by atoms with Gasteiger partial charge in [0, 0.05) is 27.4 Å². The van der Waals surface area contributed by atoms with Gasteiger partial charge in [-0.05, 0) is 95.8 Å². The highest BCUT2D eigenvalue weighted by atomic mass is 15.1. The van der Waals surface area contributed by atoms with Gasteiger partial charge < -0.3 is 4.57 Å². The SMILES string of the molecule is CC1(C)c2ccccc2-c2cc3c4cc(-c5cccc6c5nc5n6-c6ccccc6C5(C)C)ccc4n(-c4ccccc4)c3cc21. The quantitative estimate of drug-likeness (QED) is 0.196. The Morgan fingerprint density at radius 1 is 0.478 bits per heavy atom. The molecule has 220 valence electrons. The van der Waals surface area contributed by atoms with Crippen LogP contribution in [0, 0.1) is 0 Å². The third kappa shape index (κ3) is 3.15. The third-order valence-electron chi connectivity index (χ3n) is 10.9. The van der Waals surface area contributed by atoms with Crippen molar-refractivity contribution < 1.29 is 0 Å². The van der Waals surface area contributed by atoms with E-state index in [1.165, 1.54) is 72.1 Å². The van der Waals surface area contributed by atoms with Crippen molar-refractivity contribution >= 4 is 32.8 Å². The van der Waals surface area contributed by atoms with Gasteiger partial charge in [0.1, 0.15) is 5.82 Å². The summed E-state index contributed by atoms with van der Waals surface area (Å²) in [6, 6.07) is 47.0. The summed E-state index contributed by atoms with van der Waals surface area (Å²) in [6.07, 6.45) is 0. The van der Waals surface area contributed by atoms with Crippen molar-refractivity contribution in [2.24, 2.45) is 0 Å². The van der Waals surface area contributed by atoms with Crippen molar-refractivity contribution in [3.63, 3.8) is 0 Å². The van der Waals surface area contributed by atoms with Gasteiger partial charge in [-0.15, -0.1) is 0 Å². The first kappa shape index (κ1) is 25.9. The van der Waals surface area contributed by atoms with Crippen LogP contribution in [0.3, 0.4) is 0 Å². The lowest BCUT2D eigenvalue weighted by Crippen LogP contribution is -2.16. The molecular weight excluding hydrogens is 558 g/mol. The molecule has 0 radical (unpaired) electrons. The fraction of sp³-hybridized carbons (Fsp3) is 0.140. The van der Waals surface area contributed by atoms with Gasteiger partial charge in [0.2, 0.25) is 0 Å². The van der Waals surface area contributed by atoms with Gasteiger partial charge in [0.25, 0.3) is 0 Å². The highest BCUT2D eigenvalue weighted by molar-refractivity contribution is 6.13. The number of benzene rings is 6. The average molecular weight is 592 g/mol. The predicted molar refractivity (Wildman–Crippen MR) is 191 cm³/mol. The number of hydrogen-bond acceptors (Lipinski definition) is 1. The molecule has 10 rings (SSSR count). The average Bonchev–Trinajstić information content (AvgIpc) is 3.76. The minimum Gasteiger partial charge on any atom is -0.309 e. The van der Waals surface area contributed by atoms with Gasteiger partial charge in [0.05, 0.1) is 33.2 Å². The Kier molecular flexibility index (Phi) is 4.86. The van der Waals surface area contributed by atoms with E-state index in [9.17, 15) is 0 Å². The molecule has 3 heterocycles. The van der Waals surface area contributed by atoms with E-state index in [0.29, 0.717) is 0 Å². The van der Waals surface area contributed by atoms with Crippen LogP contribution in [-0.2, 0) is 10.8 Å². The molecule has 0 atom stereocenters. The number of aromatic nitrogens is 3. The zero-order valence-corrected chi connectivity index (χ0v) is 26.5. The molecule has 0 saturated carbocycles. The summed E-state index contributed by atoms with van der Waals surface area (Å²) in [5.41, 5.74) is 16.0. The lowest BCUT2D eigenvalue weighted by Gasteiger charge is -2.21. The van der Waals surface area contributed by atoms with Gasteiger partial charge in [-0.1, -0.05) is 92.7 Å². The highest BCUT2D eigenvalue weighted by Crippen LogP contribution is 2.51. The fourth-order valence-corrected chi connectivity index (χ4v) is 8.55. The largest absolute Gasteiger partial charge is 0.309 e. The van der Waals surface area contributed by atoms with Crippen LogP contribution in [0.4, 0.5) is 0 Å². The first-order valence-electron chi connectivity index (χ1n) is 16.2. The van der Waals surface area contributed by atoms with Crippen molar-refractivity contribution in [1.29, 1.82) is 0 Å². The molecule has 8 aromatic rings. The van der Waals surface area contributed by atoms with Crippen LogP contribution in [0.25, 0.3) is 66.5 Å². The number of hydrogen-bond donors (Lipinski definition) is 0. The van der Waals surface area contributed by atoms with Crippen LogP contribution in [-0.4, -0.2) is 14.1 Å². The molecule has 1 aliphatic heterocycles. The Morgan fingerprint density at radius 3 is 2.04 bits per heavy atom. The topological polar surface area (TPSA) is 22.8 Å². The smallest absolute Gasteiger partial charge is 0.124 e. The minimum absolute atomic E-state index is 0.0627. The molecule has 2 aliphatic rings. The monoisotopic (exact) mass is 591 g/mol. The van der Waals surface area contributed by atoms with Crippen molar-refractivity contribution in [2.45, 2.75) is 38.5 Å². The molecule has 0 spiro atoms. The van der Waals surface area contributed by atoms with E-state index >= 15 is 0 Å². The summed E-state index contributed by atoms with van der Waals surface area (Å²) in [5.74, 6) is 1.11. The molecule has 0 saturated heterocycles. The minimum atomic E-state index is -0.162. The maximum atomic E-state index is 5.38. The molecule has 46 heavy (non-hydrogen) atoms. The van der Waals surface area contributed by atoms with E-state index in [1.54, 1.807) is 0 Å². The molecular formula is C43H33N3. The molecule has 0 fully saturated rings. The fourth-order valence-electron chi connectivity index (χ4n) is 8.55. The van der Waals surface area contributed by atoms with E-state index in [1.807, 2.05) is 0 Å². The van der Waals surface area contributed by atoms with Crippen LogP contribution >= 0.6 is 0 Å². The van der Waals surface area contributed by atoms with Crippen LogP contribution in [0.1, 0.15) is 50.2 Å². The summed E-state index contributed by atoms with van der Waals surface area (Å²) in [6.45, 7) is 9.30. The zero-order chi connectivity index (χ0) is 30.9. The second-order valence-electron chi connectivity index (χ2n) is 14.1. The number of rotatable bonds is 2. The third-order valence-corrected chi connectivity index (χ3v) is 10.9. The van der Waals surface area contributed by atoms with Crippen molar-refractivity contribution in [3.05, 3.63) is 150 Å². The van der Waals surface area contributed by atoms with Gasteiger partial charge >= 0.3 is 0 Å². The Bertz CT molecular complexity index is 2580. The maximum Gasteiger partial charge on any atom is 0.124 e. The van der Waals surface area contributed by atoms with Crippen LogP contribution < -0.4 is 0 Å². The lowest BCUT2D eigenvalue weighted by molar-refractivity contribution is 0.621. The Labute approximate surface area is 268 Å². The predicted octanol–water partition coefficient (Wildman–Crippen LogP) is 10.7. The first-order valence-corrected chi connectivity index (χ1v) is 16.2. The van der Waals surface area contributed by atoms with Gasteiger partial charge in [0.15, 0.2) is 0 Å². The normalized spacial score (nSPS) is 15.3. The lowest BCUT2D eigenvalue weighted by atomic mass is 9.82. The Balaban J connectivity index is 1.26. The second kappa shape index (κ2) is 8.64. The summed E-state index contributed by atoms with van der Waals surface area (Å²) in [7, 11) is 0.